The number of nitrogens with zero attached hydrogens (tertiary/aromatic N) is 2. The van der Waals surface area contributed by atoms with Crippen LogP contribution in [0.25, 0.3) is 0 Å². The van der Waals surface area contributed by atoms with E-state index in [0.29, 0.717) is 11.3 Å². The van der Waals surface area contributed by atoms with Gasteiger partial charge in [0, 0.05) is 18.6 Å². The van der Waals surface area contributed by atoms with Crippen molar-refractivity contribution in [2.75, 3.05) is 0 Å². The number of ketones is 1. The third-order valence-corrected chi connectivity index (χ3v) is 2.98. The molecule has 0 aliphatic rings. The number of Topliss-reactive ketones (excluding diaryl/α,β-unsaturated/α-hetero) is 1. The summed E-state index contributed by atoms with van der Waals surface area (Å²) in [6, 6.07) is 3.22. The van der Waals surface area contributed by atoms with Crippen LogP contribution in [0.15, 0.2) is 36.2 Å². The van der Waals surface area contributed by atoms with Crippen molar-refractivity contribution in [3.63, 3.8) is 0 Å². The van der Waals surface area contributed by atoms with Crippen molar-refractivity contribution in [2.45, 2.75) is 12.5 Å². The van der Waals surface area contributed by atoms with Crippen molar-refractivity contribution in [3.8, 4) is 0 Å². The molecular formula is C11H11N3OS. The summed E-state index contributed by atoms with van der Waals surface area (Å²) in [4.78, 5) is 20.3. The highest BCUT2D eigenvalue weighted by Crippen LogP contribution is 2.10. The van der Waals surface area contributed by atoms with Gasteiger partial charge in [-0.05, 0) is 18.1 Å². The summed E-state index contributed by atoms with van der Waals surface area (Å²) < 4.78 is 0. The summed E-state index contributed by atoms with van der Waals surface area (Å²) in [6.07, 6.45) is 5.47. The molecule has 4 nitrogen and oxygen atoms in total. The summed E-state index contributed by atoms with van der Waals surface area (Å²) in [7, 11) is 0. The molecule has 0 saturated heterocycles. The van der Waals surface area contributed by atoms with Crippen molar-refractivity contribution >= 4 is 17.1 Å². The third kappa shape index (κ3) is 2.50. The first-order valence-corrected chi connectivity index (χ1v) is 5.72. The number of thiazole rings is 1. The van der Waals surface area contributed by atoms with Gasteiger partial charge in [0.2, 0.25) is 0 Å². The van der Waals surface area contributed by atoms with Gasteiger partial charge in [0.1, 0.15) is 0 Å². The first-order chi connectivity index (χ1) is 7.77. The minimum atomic E-state index is -0.523. The van der Waals surface area contributed by atoms with Gasteiger partial charge in [0.15, 0.2) is 5.78 Å². The molecule has 2 aromatic rings. The molecule has 0 aliphatic heterocycles. The predicted molar refractivity (Wildman–Crippen MR) is 62.4 cm³/mol. The molecule has 0 amide bonds. The maximum atomic E-state index is 11.8. The van der Waals surface area contributed by atoms with E-state index in [0.717, 1.165) is 5.56 Å². The molecule has 0 aromatic carbocycles. The molecule has 0 fully saturated rings. The van der Waals surface area contributed by atoms with Crippen molar-refractivity contribution < 1.29 is 4.79 Å². The van der Waals surface area contributed by atoms with E-state index in [1.165, 1.54) is 11.3 Å². The van der Waals surface area contributed by atoms with Crippen LogP contribution in [-0.4, -0.2) is 21.8 Å². The molecule has 5 heteroatoms. The zero-order valence-corrected chi connectivity index (χ0v) is 9.35. The van der Waals surface area contributed by atoms with Gasteiger partial charge in [-0.1, -0.05) is 6.07 Å². The molecule has 2 heterocycles. The van der Waals surface area contributed by atoms with Crippen molar-refractivity contribution in [1.29, 1.82) is 0 Å². The summed E-state index contributed by atoms with van der Waals surface area (Å²) >= 11 is 1.31. The lowest BCUT2D eigenvalue weighted by Crippen LogP contribution is -2.32. The van der Waals surface area contributed by atoms with Crippen LogP contribution in [0.3, 0.4) is 0 Å². The molecule has 2 aromatic heterocycles. The Hall–Kier alpha value is -1.59. The first-order valence-electron chi connectivity index (χ1n) is 4.84. The van der Waals surface area contributed by atoms with Crippen LogP contribution in [0.2, 0.25) is 0 Å². The second kappa shape index (κ2) is 4.96. The Kier molecular flexibility index (Phi) is 3.38. The van der Waals surface area contributed by atoms with Gasteiger partial charge >= 0.3 is 0 Å². The number of carbonyl (C=O) groups excluding carboxylic acids is 1. The molecule has 82 valence electrons. The van der Waals surface area contributed by atoms with Crippen molar-refractivity contribution in [2.24, 2.45) is 5.73 Å². The Bertz CT molecular complexity index is 455. The summed E-state index contributed by atoms with van der Waals surface area (Å²) in [5, 5.41) is 0. The van der Waals surface area contributed by atoms with E-state index in [1.54, 1.807) is 24.1 Å². The zero-order valence-electron chi connectivity index (χ0n) is 8.54. The normalized spacial score (nSPS) is 12.3. The van der Waals surface area contributed by atoms with Crippen LogP contribution in [0, 0.1) is 0 Å². The third-order valence-electron chi connectivity index (χ3n) is 2.19. The highest BCUT2D eigenvalue weighted by molar-refractivity contribution is 7.11. The Balaban J connectivity index is 2.04. The molecular weight excluding hydrogens is 222 g/mol. The molecule has 0 aliphatic carbocycles. The second-order valence-electron chi connectivity index (χ2n) is 3.40. The fraction of sp³-hybridized carbons (Fsp3) is 0.182. The van der Waals surface area contributed by atoms with Gasteiger partial charge in [0.25, 0.3) is 0 Å². The monoisotopic (exact) mass is 233 g/mol. The number of nitrogens with two attached hydrogens (primary N) is 1. The Morgan fingerprint density at radius 3 is 2.94 bits per heavy atom. The SMILES string of the molecule is NC(Cc1cccnc1)C(=O)c1cncs1. The Morgan fingerprint density at radius 2 is 2.31 bits per heavy atom. The molecule has 16 heavy (non-hydrogen) atoms. The van der Waals surface area contributed by atoms with E-state index in [1.807, 2.05) is 12.1 Å². The smallest absolute Gasteiger partial charge is 0.191 e. The lowest BCUT2D eigenvalue weighted by molar-refractivity contribution is 0.0964. The van der Waals surface area contributed by atoms with Crippen LogP contribution >= 0.6 is 11.3 Å². The minimum absolute atomic E-state index is 0.0636. The zero-order chi connectivity index (χ0) is 11.4. The van der Waals surface area contributed by atoms with Crippen molar-refractivity contribution in [3.05, 3.63) is 46.7 Å². The van der Waals surface area contributed by atoms with Crippen LogP contribution in [-0.2, 0) is 6.42 Å². The van der Waals surface area contributed by atoms with E-state index >= 15 is 0 Å². The number of hydrogen-bond acceptors (Lipinski definition) is 5. The van der Waals surface area contributed by atoms with E-state index in [-0.39, 0.29) is 5.78 Å². The first kappa shape index (κ1) is 10.9. The molecule has 2 rings (SSSR count). The Morgan fingerprint density at radius 1 is 1.44 bits per heavy atom. The molecule has 0 saturated carbocycles. The molecule has 2 N–H and O–H groups in total. The van der Waals surface area contributed by atoms with Crippen LogP contribution in [0.4, 0.5) is 0 Å². The van der Waals surface area contributed by atoms with Gasteiger partial charge < -0.3 is 5.73 Å². The number of pyridine rings is 1. The lowest BCUT2D eigenvalue weighted by Gasteiger charge is -2.08. The summed E-state index contributed by atoms with van der Waals surface area (Å²) in [6.45, 7) is 0. The van der Waals surface area contributed by atoms with E-state index < -0.39 is 6.04 Å². The maximum absolute atomic E-state index is 11.8. The highest BCUT2D eigenvalue weighted by Gasteiger charge is 2.17. The Labute approximate surface area is 97.2 Å². The summed E-state index contributed by atoms with van der Waals surface area (Å²) in [5.41, 5.74) is 8.44. The number of rotatable bonds is 4. The summed E-state index contributed by atoms with van der Waals surface area (Å²) in [5.74, 6) is -0.0636. The average molecular weight is 233 g/mol. The topological polar surface area (TPSA) is 68.9 Å². The van der Waals surface area contributed by atoms with Gasteiger partial charge in [0.05, 0.1) is 16.4 Å². The van der Waals surface area contributed by atoms with Gasteiger partial charge in [-0.3, -0.25) is 14.8 Å². The maximum Gasteiger partial charge on any atom is 0.191 e. The number of aromatic nitrogens is 2. The van der Waals surface area contributed by atoms with Crippen LogP contribution < -0.4 is 5.73 Å². The second-order valence-corrected chi connectivity index (χ2v) is 4.29. The molecule has 0 radical (unpaired) electrons. The largest absolute Gasteiger partial charge is 0.321 e. The van der Waals surface area contributed by atoms with E-state index in [2.05, 4.69) is 9.97 Å². The molecule has 1 atom stereocenters. The van der Waals surface area contributed by atoms with Crippen LogP contribution in [0.5, 0.6) is 0 Å². The quantitative estimate of drug-likeness (QED) is 0.808. The number of carbonyl (C=O) groups is 1. The lowest BCUT2D eigenvalue weighted by atomic mass is 10.0. The van der Waals surface area contributed by atoms with E-state index in [9.17, 15) is 4.79 Å². The average Bonchev–Trinajstić information content (AvgIpc) is 2.83. The minimum Gasteiger partial charge on any atom is -0.321 e. The molecule has 0 spiro atoms. The molecule has 1 unspecified atom stereocenters. The standard InChI is InChI=1S/C11H11N3OS/c12-9(4-8-2-1-3-13-5-8)11(15)10-6-14-7-16-10/h1-3,5-7,9H,4,12H2. The van der Waals surface area contributed by atoms with Gasteiger partial charge in [-0.2, -0.15) is 0 Å². The fourth-order valence-corrected chi connectivity index (χ4v) is 2.01. The van der Waals surface area contributed by atoms with Crippen LogP contribution in [0.1, 0.15) is 15.2 Å². The fourth-order valence-electron chi connectivity index (χ4n) is 1.39. The van der Waals surface area contributed by atoms with E-state index in [4.69, 9.17) is 5.73 Å². The molecule has 0 bridgehead atoms. The highest BCUT2D eigenvalue weighted by atomic mass is 32.1. The van der Waals surface area contributed by atoms with Crippen molar-refractivity contribution in [1.82, 2.24) is 9.97 Å². The van der Waals surface area contributed by atoms with Gasteiger partial charge in [-0.25, -0.2) is 0 Å². The predicted octanol–water partition coefficient (Wildman–Crippen LogP) is 1.29. The number of hydrogen-bond donors (Lipinski definition) is 1. The van der Waals surface area contributed by atoms with Gasteiger partial charge in [-0.15, -0.1) is 11.3 Å².